The maximum absolute atomic E-state index is 13.0. The van der Waals surface area contributed by atoms with Crippen molar-refractivity contribution in [2.75, 3.05) is 18.4 Å². The van der Waals surface area contributed by atoms with Crippen molar-refractivity contribution in [3.63, 3.8) is 0 Å². The van der Waals surface area contributed by atoms with Gasteiger partial charge in [0, 0.05) is 25.7 Å². The highest BCUT2D eigenvalue weighted by molar-refractivity contribution is 6.10. The van der Waals surface area contributed by atoms with Crippen LogP contribution in [0.5, 0.6) is 0 Å². The van der Waals surface area contributed by atoms with Crippen molar-refractivity contribution in [2.24, 2.45) is 0 Å². The lowest BCUT2D eigenvalue weighted by molar-refractivity contribution is -0.126. The monoisotopic (exact) mass is 424 g/mol. The first-order valence-electron chi connectivity index (χ1n) is 10.4. The molecule has 0 saturated carbocycles. The number of carbonyl (C=O) groups excluding carboxylic acids is 3. The van der Waals surface area contributed by atoms with E-state index in [1.54, 1.807) is 36.4 Å². The summed E-state index contributed by atoms with van der Waals surface area (Å²) < 4.78 is 13.0. The lowest BCUT2D eigenvalue weighted by Crippen LogP contribution is -2.48. The Balaban J connectivity index is 1.25. The van der Waals surface area contributed by atoms with E-state index in [1.165, 1.54) is 12.1 Å². The Bertz CT molecular complexity index is 971. The molecule has 0 bridgehead atoms. The maximum atomic E-state index is 13.0. The van der Waals surface area contributed by atoms with Crippen LogP contribution in [0.25, 0.3) is 0 Å². The Morgan fingerprint density at radius 3 is 2.52 bits per heavy atom. The molecule has 7 nitrogen and oxygen atoms in total. The van der Waals surface area contributed by atoms with Crippen LogP contribution in [0.3, 0.4) is 0 Å². The summed E-state index contributed by atoms with van der Waals surface area (Å²) in [5.41, 5.74) is 1.88. The van der Waals surface area contributed by atoms with Gasteiger partial charge in [-0.1, -0.05) is 24.3 Å². The molecular weight excluding hydrogens is 399 g/mol. The van der Waals surface area contributed by atoms with E-state index in [2.05, 4.69) is 20.9 Å². The van der Waals surface area contributed by atoms with E-state index in [9.17, 15) is 18.8 Å². The summed E-state index contributed by atoms with van der Waals surface area (Å²) in [7, 11) is 0. The number of amides is 3. The molecule has 0 aliphatic carbocycles. The van der Waals surface area contributed by atoms with Gasteiger partial charge in [0.2, 0.25) is 11.8 Å². The van der Waals surface area contributed by atoms with Gasteiger partial charge < -0.3 is 16.0 Å². The minimum Gasteiger partial charge on any atom is -0.353 e. The van der Waals surface area contributed by atoms with Crippen LogP contribution in [0.1, 0.15) is 35.2 Å². The molecule has 2 aromatic rings. The highest BCUT2D eigenvalue weighted by Crippen LogP contribution is 2.19. The van der Waals surface area contributed by atoms with Crippen LogP contribution in [0, 0.1) is 5.82 Å². The Labute approximate surface area is 180 Å². The van der Waals surface area contributed by atoms with Gasteiger partial charge in [-0.15, -0.1) is 0 Å². The fraction of sp³-hybridized carbons (Fsp3) is 0.348. The predicted molar refractivity (Wildman–Crippen MR) is 114 cm³/mol. The Morgan fingerprint density at radius 1 is 1.06 bits per heavy atom. The minimum absolute atomic E-state index is 0.0266. The molecule has 2 heterocycles. The van der Waals surface area contributed by atoms with Crippen molar-refractivity contribution in [2.45, 2.75) is 37.9 Å². The summed E-state index contributed by atoms with van der Waals surface area (Å²) in [6.45, 7) is 2.38. The van der Waals surface area contributed by atoms with Crippen LogP contribution in [-0.4, -0.2) is 47.8 Å². The third kappa shape index (κ3) is 5.27. The molecule has 162 valence electrons. The van der Waals surface area contributed by atoms with E-state index < -0.39 is 11.9 Å². The number of carbonyl (C=O) groups is 3. The summed E-state index contributed by atoms with van der Waals surface area (Å²) in [5, 5.41) is 8.34. The first-order chi connectivity index (χ1) is 15.0. The normalized spacial score (nSPS) is 19.7. The fourth-order valence-electron chi connectivity index (χ4n) is 4.01. The van der Waals surface area contributed by atoms with E-state index in [1.807, 2.05) is 0 Å². The van der Waals surface area contributed by atoms with Gasteiger partial charge in [0.05, 0.1) is 17.7 Å². The SMILES string of the molecule is O=C(C[C@@H]1NC(=O)c2ccccc2NC1=O)NC1CCN(Cc2ccc(F)cc2)CC1. The topological polar surface area (TPSA) is 90.5 Å². The zero-order chi connectivity index (χ0) is 21.8. The van der Waals surface area contributed by atoms with Gasteiger partial charge in [-0.3, -0.25) is 19.3 Å². The van der Waals surface area contributed by atoms with Crippen LogP contribution in [0.2, 0.25) is 0 Å². The molecule has 2 aromatic carbocycles. The zero-order valence-corrected chi connectivity index (χ0v) is 17.1. The van der Waals surface area contributed by atoms with E-state index in [4.69, 9.17) is 0 Å². The van der Waals surface area contributed by atoms with E-state index in [-0.39, 0.29) is 30.1 Å². The molecule has 4 rings (SSSR count). The molecule has 31 heavy (non-hydrogen) atoms. The number of fused-ring (bicyclic) bond motifs is 1. The number of nitrogens with zero attached hydrogens (tertiary/aromatic N) is 1. The number of anilines is 1. The molecule has 3 N–H and O–H groups in total. The average Bonchev–Trinajstić information content (AvgIpc) is 2.87. The molecule has 0 aromatic heterocycles. The first-order valence-corrected chi connectivity index (χ1v) is 10.4. The van der Waals surface area contributed by atoms with Gasteiger partial charge in [0.15, 0.2) is 0 Å². The third-order valence-electron chi connectivity index (χ3n) is 5.71. The maximum Gasteiger partial charge on any atom is 0.254 e. The number of para-hydroxylation sites is 1. The minimum atomic E-state index is -0.918. The predicted octanol–water partition coefficient (Wildman–Crippen LogP) is 2.05. The van der Waals surface area contributed by atoms with Crippen LogP contribution < -0.4 is 16.0 Å². The number of nitrogens with one attached hydrogen (secondary N) is 3. The molecule has 1 atom stereocenters. The number of likely N-dealkylation sites (tertiary alicyclic amines) is 1. The van der Waals surface area contributed by atoms with Crippen molar-refractivity contribution in [1.82, 2.24) is 15.5 Å². The lowest BCUT2D eigenvalue weighted by atomic mass is 10.0. The molecule has 1 fully saturated rings. The number of rotatable bonds is 5. The van der Waals surface area contributed by atoms with Gasteiger partial charge in [0.1, 0.15) is 11.9 Å². The lowest BCUT2D eigenvalue weighted by Gasteiger charge is -2.32. The van der Waals surface area contributed by atoms with Crippen molar-refractivity contribution in [3.8, 4) is 0 Å². The number of hydrogen-bond donors (Lipinski definition) is 3. The van der Waals surface area contributed by atoms with Crippen LogP contribution in [0.15, 0.2) is 48.5 Å². The summed E-state index contributed by atoms with van der Waals surface area (Å²) in [5.74, 6) is -1.28. The average molecular weight is 424 g/mol. The molecule has 0 spiro atoms. The smallest absolute Gasteiger partial charge is 0.254 e. The fourth-order valence-corrected chi connectivity index (χ4v) is 4.01. The number of piperidine rings is 1. The number of hydrogen-bond acceptors (Lipinski definition) is 4. The second kappa shape index (κ2) is 9.26. The van der Waals surface area contributed by atoms with Gasteiger partial charge in [-0.2, -0.15) is 0 Å². The van der Waals surface area contributed by atoms with Gasteiger partial charge in [-0.25, -0.2) is 4.39 Å². The third-order valence-corrected chi connectivity index (χ3v) is 5.71. The van der Waals surface area contributed by atoms with E-state index in [0.717, 1.165) is 38.0 Å². The van der Waals surface area contributed by atoms with Crippen molar-refractivity contribution in [1.29, 1.82) is 0 Å². The molecule has 2 aliphatic heterocycles. The standard InChI is InChI=1S/C23H25FN4O3/c24-16-7-5-15(6-8-16)14-28-11-9-17(10-12-28)25-21(29)13-20-23(31)26-19-4-2-1-3-18(19)22(30)27-20/h1-8,17,20H,9-14H2,(H,25,29)(H,26,31)(H,27,30)/t20-/m0/s1. The number of benzene rings is 2. The highest BCUT2D eigenvalue weighted by atomic mass is 19.1. The largest absolute Gasteiger partial charge is 0.353 e. The highest BCUT2D eigenvalue weighted by Gasteiger charge is 2.30. The second-order valence-corrected chi connectivity index (χ2v) is 8.01. The van der Waals surface area contributed by atoms with Crippen molar-refractivity contribution >= 4 is 23.4 Å². The zero-order valence-electron chi connectivity index (χ0n) is 17.1. The Kier molecular flexibility index (Phi) is 6.27. The van der Waals surface area contributed by atoms with Gasteiger partial charge in [0.25, 0.3) is 5.91 Å². The van der Waals surface area contributed by atoms with Crippen molar-refractivity contribution in [3.05, 3.63) is 65.5 Å². The molecule has 8 heteroatoms. The molecule has 2 aliphatic rings. The Hall–Kier alpha value is -3.26. The quantitative estimate of drug-likeness (QED) is 0.685. The summed E-state index contributed by atoms with van der Waals surface area (Å²) >= 11 is 0. The summed E-state index contributed by atoms with van der Waals surface area (Å²) in [6.07, 6.45) is 1.48. The van der Waals surface area contributed by atoms with Gasteiger partial charge >= 0.3 is 0 Å². The van der Waals surface area contributed by atoms with Crippen LogP contribution in [0.4, 0.5) is 10.1 Å². The Morgan fingerprint density at radius 2 is 1.77 bits per heavy atom. The number of halogens is 1. The molecular formula is C23H25FN4O3. The second-order valence-electron chi connectivity index (χ2n) is 8.01. The molecule has 0 radical (unpaired) electrons. The summed E-state index contributed by atoms with van der Waals surface area (Å²) in [4.78, 5) is 39.6. The van der Waals surface area contributed by atoms with Crippen molar-refractivity contribution < 1.29 is 18.8 Å². The van der Waals surface area contributed by atoms with E-state index in [0.29, 0.717) is 11.3 Å². The molecule has 0 unspecified atom stereocenters. The van der Waals surface area contributed by atoms with Crippen LogP contribution in [-0.2, 0) is 16.1 Å². The van der Waals surface area contributed by atoms with Gasteiger partial charge in [-0.05, 0) is 42.7 Å². The summed E-state index contributed by atoms with van der Waals surface area (Å²) in [6, 6.07) is 12.4. The van der Waals surface area contributed by atoms with E-state index >= 15 is 0 Å². The first kappa shape index (κ1) is 21.0. The van der Waals surface area contributed by atoms with Crippen LogP contribution >= 0.6 is 0 Å². The molecule has 1 saturated heterocycles. The molecule has 3 amide bonds.